The number of likely N-dealkylation sites (tertiary alicyclic amines) is 1. The minimum Gasteiger partial charge on any atom is -0.340 e. The van der Waals surface area contributed by atoms with Crippen LogP contribution in [0.3, 0.4) is 0 Å². The molecule has 1 aliphatic carbocycles. The van der Waals surface area contributed by atoms with Crippen LogP contribution in [0, 0.1) is 5.92 Å². The van der Waals surface area contributed by atoms with Crippen LogP contribution in [0.15, 0.2) is 30.3 Å². The highest BCUT2D eigenvalue weighted by molar-refractivity contribution is 6.21. The summed E-state index contributed by atoms with van der Waals surface area (Å²) in [5.74, 6) is 0.855. The summed E-state index contributed by atoms with van der Waals surface area (Å²) >= 11 is 6.24. The Bertz CT molecular complexity index is 620. The number of halogens is 1. The molecule has 2 aliphatic rings. The van der Waals surface area contributed by atoms with Crippen molar-refractivity contribution in [2.24, 2.45) is 5.92 Å². The van der Waals surface area contributed by atoms with Gasteiger partial charge in [-0.2, -0.15) is 0 Å². The second kappa shape index (κ2) is 10.1. The second-order valence-electron chi connectivity index (χ2n) is 7.92. The zero-order chi connectivity index (χ0) is 19.1. The minimum atomic E-state index is -0.416. The summed E-state index contributed by atoms with van der Waals surface area (Å²) in [5, 5.41) is 2.83. The number of nitrogens with one attached hydrogen (secondary N) is 1. The molecule has 0 aromatic heterocycles. The Balaban J connectivity index is 1.37. The van der Waals surface area contributed by atoms with E-state index in [1.54, 1.807) is 0 Å². The van der Waals surface area contributed by atoms with Crippen molar-refractivity contribution < 1.29 is 9.59 Å². The summed E-state index contributed by atoms with van der Waals surface area (Å²) in [6.45, 7) is 0.896. The van der Waals surface area contributed by atoms with Gasteiger partial charge < -0.3 is 10.2 Å². The molecule has 1 aromatic rings. The third kappa shape index (κ3) is 5.97. The van der Waals surface area contributed by atoms with Gasteiger partial charge in [-0.25, -0.2) is 0 Å². The fourth-order valence-corrected chi connectivity index (χ4v) is 4.90. The zero-order valence-electron chi connectivity index (χ0n) is 16.0. The Morgan fingerprint density at radius 1 is 1.07 bits per heavy atom. The van der Waals surface area contributed by atoms with Crippen LogP contribution in [-0.4, -0.2) is 34.8 Å². The number of carbonyl (C=O) groups is 2. The van der Waals surface area contributed by atoms with Crippen molar-refractivity contribution >= 4 is 23.4 Å². The zero-order valence-corrected chi connectivity index (χ0v) is 16.8. The molecule has 4 nitrogen and oxygen atoms in total. The van der Waals surface area contributed by atoms with Gasteiger partial charge in [-0.1, -0.05) is 54.8 Å². The molecule has 0 bridgehead atoms. The number of benzene rings is 1. The largest absolute Gasteiger partial charge is 0.340 e. The van der Waals surface area contributed by atoms with Gasteiger partial charge in [0.05, 0.1) is 0 Å². The van der Waals surface area contributed by atoms with Crippen LogP contribution in [0.4, 0.5) is 0 Å². The lowest BCUT2D eigenvalue weighted by Gasteiger charge is -2.44. The first-order valence-corrected chi connectivity index (χ1v) is 10.8. The van der Waals surface area contributed by atoms with Gasteiger partial charge in [0.2, 0.25) is 11.8 Å². The highest BCUT2D eigenvalue weighted by Crippen LogP contribution is 2.35. The average molecular weight is 391 g/mol. The predicted molar refractivity (Wildman–Crippen MR) is 108 cm³/mol. The normalized spacial score (nSPS) is 23.4. The van der Waals surface area contributed by atoms with E-state index < -0.39 is 5.50 Å². The first-order chi connectivity index (χ1) is 13.1. The Morgan fingerprint density at radius 2 is 1.81 bits per heavy atom. The third-order valence-electron chi connectivity index (χ3n) is 5.93. The summed E-state index contributed by atoms with van der Waals surface area (Å²) < 4.78 is 0. The molecular weight excluding hydrogens is 360 g/mol. The molecule has 3 unspecified atom stereocenters. The van der Waals surface area contributed by atoms with Crippen molar-refractivity contribution in [3.8, 4) is 0 Å². The van der Waals surface area contributed by atoms with E-state index >= 15 is 0 Å². The molecule has 0 spiro atoms. The van der Waals surface area contributed by atoms with Crippen LogP contribution >= 0.6 is 11.6 Å². The third-order valence-corrected chi connectivity index (χ3v) is 6.20. The van der Waals surface area contributed by atoms with Crippen LogP contribution in [-0.2, 0) is 16.0 Å². The van der Waals surface area contributed by atoms with Gasteiger partial charge in [0.25, 0.3) is 0 Å². The Kier molecular flexibility index (Phi) is 7.57. The maximum atomic E-state index is 12.7. The number of rotatable bonds is 7. The van der Waals surface area contributed by atoms with Gasteiger partial charge in [-0.3, -0.25) is 9.59 Å². The molecule has 5 heteroatoms. The van der Waals surface area contributed by atoms with Gasteiger partial charge in [-0.15, -0.1) is 0 Å². The molecular formula is C22H31ClN2O2. The molecule has 2 amide bonds. The van der Waals surface area contributed by atoms with Crippen LogP contribution in [0.1, 0.15) is 63.4 Å². The van der Waals surface area contributed by atoms with E-state index in [0.717, 1.165) is 24.9 Å². The van der Waals surface area contributed by atoms with Gasteiger partial charge in [0.15, 0.2) is 0 Å². The fourth-order valence-electron chi connectivity index (χ4n) is 4.60. The van der Waals surface area contributed by atoms with E-state index in [4.69, 9.17) is 11.6 Å². The van der Waals surface area contributed by atoms with E-state index in [0.29, 0.717) is 37.6 Å². The molecule has 1 saturated carbocycles. The second-order valence-corrected chi connectivity index (χ2v) is 8.45. The molecule has 27 heavy (non-hydrogen) atoms. The number of fused-ring (bicyclic) bond motifs is 1. The highest BCUT2D eigenvalue weighted by Gasteiger charge is 2.35. The van der Waals surface area contributed by atoms with E-state index in [-0.39, 0.29) is 11.8 Å². The van der Waals surface area contributed by atoms with E-state index in [1.807, 2.05) is 30.3 Å². The Hall–Kier alpha value is -1.55. The number of nitrogens with zero attached hydrogens (tertiary/aromatic N) is 1. The van der Waals surface area contributed by atoms with Crippen molar-refractivity contribution in [2.45, 2.75) is 75.8 Å². The number of hydrogen-bond donors (Lipinski definition) is 1. The summed E-state index contributed by atoms with van der Waals surface area (Å²) in [5.41, 5.74) is 0.681. The van der Waals surface area contributed by atoms with Crippen LogP contribution in [0.5, 0.6) is 0 Å². The first-order valence-electron chi connectivity index (χ1n) is 10.4. The maximum Gasteiger partial charge on any atom is 0.222 e. The van der Waals surface area contributed by atoms with Gasteiger partial charge >= 0.3 is 0 Å². The van der Waals surface area contributed by atoms with Gasteiger partial charge in [0.1, 0.15) is 5.50 Å². The van der Waals surface area contributed by atoms with Crippen LogP contribution in [0.2, 0.25) is 0 Å². The van der Waals surface area contributed by atoms with Crippen molar-refractivity contribution in [1.82, 2.24) is 10.2 Å². The van der Waals surface area contributed by atoms with Crippen molar-refractivity contribution in [3.63, 3.8) is 0 Å². The van der Waals surface area contributed by atoms with Crippen LogP contribution in [0.25, 0.3) is 0 Å². The Morgan fingerprint density at radius 3 is 2.63 bits per heavy atom. The van der Waals surface area contributed by atoms with Gasteiger partial charge in [-0.05, 0) is 43.6 Å². The first kappa shape index (κ1) is 20.2. The SMILES string of the molecule is O=C(CCCC(=O)N1CCCC2CCCCC21)NC(Cl)Cc1ccccc1. The van der Waals surface area contributed by atoms with E-state index in [9.17, 15) is 9.59 Å². The quantitative estimate of drug-likeness (QED) is 0.558. The molecule has 1 heterocycles. The minimum absolute atomic E-state index is 0.0760. The number of amides is 2. The number of alkyl halides is 1. The number of hydrogen-bond acceptors (Lipinski definition) is 2. The molecule has 2 fully saturated rings. The van der Waals surface area contributed by atoms with E-state index in [2.05, 4.69) is 10.2 Å². The van der Waals surface area contributed by atoms with Crippen molar-refractivity contribution in [1.29, 1.82) is 0 Å². The van der Waals surface area contributed by atoms with Crippen molar-refractivity contribution in [3.05, 3.63) is 35.9 Å². The Labute approximate surface area is 167 Å². The summed E-state index contributed by atoms with van der Waals surface area (Å²) in [4.78, 5) is 26.9. The van der Waals surface area contributed by atoms with Crippen molar-refractivity contribution in [2.75, 3.05) is 6.54 Å². The molecule has 0 radical (unpaired) electrons. The lowest BCUT2D eigenvalue weighted by atomic mass is 9.78. The van der Waals surface area contributed by atoms with Gasteiger partial charge in [0, 0.05) is 31.8 Å². The molecule has 3 rings (SSSR count). The standard InChI is InChI=1S/C22H31ClN2O2/c23-20(16-17-8-2-1-3-9-17)24-21(26)13-6-14-22(27)25-15-7-11-18-10-4-5-12-19(18)25/h1-3,8-9,18-20H,4-7,10-16H2,(H,24,26). The molecule has 1 aromatic carbocycles. The molecule has 3 atom stereocenters. The smallest absolute Gasteiger partial charge is 0.222 e. The number of piperidine rings is 1. The topological polar surface area (TPSA) is 49.4 Å². The lowest BCUT2D eigenvalue weighted by molar-refractivity contribution is -0.137. The van der Waals surface area contributed by atoms with Crippen LogP contribution < -0.4 is 5.32 Å². The summed E-state index contributed by atoms with van der Waals surface area (Å²) in [6, 6.07) is 10.3. The average Bonchev–Trinajstić information content (AvgIpc) is 2.68. The lowest BCUT2D eigenvalue weighted by Crippen LogP contribution is -2.49. The summed E-state index contributed by atoms with van der Waals surface area (Å²) in [7, 11) is 0. The maximum absolute atomic E-state index is 12.7. The summed E-state index contributed by atoms with van der Waals surface area (Å²) in [6.07, 6.45) is 9.39. The monoisotopic (exact) mass is 390 g/mol. The highest BCUT2D eigenvalue weighted by atomic mass is 35.5. The fraction of sp³-hybridized carbons (Fsp3) is 0.636. The molecule has 1 saturated heterocycles. The molecule has 1 aliphatic heterocycles. The molecule has 1 N–H and O–H groups in total. The molecule has 148 valence electrons. The number of carbonyl (C=O) groups excluding carboxylic acids is 2. The van der Waals surface area contributed by atoms with E-state index in [1.165, 1.54) is 25.7 Å². The predicted octanol–water partition coefficient (Wildman–Crippen LogP) is 4.26.